The summed E-state index contributed by atoms with van der Waals surface area (Å²) in [6, 6.07) is 15.8. The summed E-state index contributed by atoms with van der Waals surface area (Å²) in [4.78, 5) is 14.7. The van der Waals surface area contributed by atoms with Gasteiger partial charge in [-0.05, 0) is 30.2 Å². The molecule has 0 aromatic heterocycles. The number of amides is 1. The summed E-state index contributed by atoms with van der Waals surface area (Å²) in [5.41, 5.74) is 0.901. The van der Waals surface area contributed by atoms with E-state index in [0.717, 1.165) is 18.7 Å². The molecular weight excluding hydrogens is 390 g/mol. The van der Waals surface area contributed by atoms with Crippen molar-refractivity contribution in [2.75, 3.05) is 46.4 Å². The first kappa shape index (κ1) is 21.3. The van der Waals surface area contributed by atoms with E-state index in [1.807, 2.05) is 24.3 Å². The van der Waals surface area contributed by atoms with Crippen LogP contribution in [0.15, 0.2) is 59.5 Å². The number of hydrogen-bond acceptors (Lipinski definition) is 5. The smallest absolute Gasteiger partial charge is 0.243 e. The molecule has 1 N–H and O–H groups in total. The highest BCUT2D eigenvalue weighted by Crippen LogP contribution is 2.21. The van der Waals surface area contributed by atoms with Gasteiger partial charge in [-0.15, -0.1) is 0 Å². The Morgan fingerprint density at radius 2 is 1.72 bits per heavy atom. The van der Waals surface area contributed by atoms with Gasteiger partial charge in [0.15, 0.2) is 0 Å². The number of carbonyl (C=O) groups excluding carboxylic acids is 1. The van der Waals surface area contributed by atoms with Crippen LogP contribution in [0.2, 0.25) is 0 Å². The second-order valence-electron chi connectivity index (χ2n) is 6.84. The van der Waals surface area contributed by atoms with Crippen molar-refractivity contribution in [1.29, 1.82) is 0 Å². The highest BCUT2D eigenvalue weighted by molar-refractivity contribution is 7.89. The molecule has 7 nitrogen and oxygen atoms in total. The first-order chi connectivity index (χ1) is 14.0. The Morgan fingerprint density at radius 3 is 2.41 bits per heavy atom. The van der Waals surface area contributed by atoms with E-state index in [4.69, 9.17) is 4.74 Å². The van der Waals surface area contributed by atoms with E-state index in [1.54, 1.807) is 42.3 Å². The number of methoxy groups -OCH3 is 1. The van der Waals surface area contributed by atoms with Crippen molar-refractivity contribution in [3.8, 4) is 5.75 Å². The first-order valence-electron chi connectivity index (χ1n) is 9.68. The van der Waals surface area contributed by atoms with E-state index < -0.39 is 10.0 Å². The van der Waals surface area contributed by atoms with Crippen LogP contribution in [0.25, 0.3) is 0 Å². The number of nitrogens with zero attached hydrogens (tertiary/aromatic N) is 2. The van der Waals surface area contributed by atoms with Gasteiger partial charge in [-0.1, -0.05) is 36.4 Å². The average molecular weight is 418 g/mol. The minimum atomic E-state index is -3.80. The van der Waals surface area contributed by atoms with E-state index in [2.05, 4.69) is 5.32 Å². The van der Waals surface area contributed by atoms with E-state index in [-0.39, 0.29) is 23.9 Å². The number of hydrogen-bond donors (Lipinski definition) is 1. The average Bonchev–Trinajstić information content (AvgIpc) is 2.77. The molecule has 0 atom stereocenters. The van der Waals surface area contributed by atoms with Crippen LogP contribution < -0.4 is 10.1 Å². The minimum absolute atomic E-state index is 0.174. The predicted octanol–water partition coefficient (Wildman–Crippen LogP) is 1.36. The summed E-state index contributed by atoms with van der Waals surface area (Å²) in [5.74, 6) is 0.532. The molecule has 2 aromatic carbocycles. The van der Waals surface area contributed by atoms with Crippen molar-refractivity contribution >= 4 is 15.9 Å². The maximum atomic E-state index is 13.2. The number of carbonyl (C=O) groups is 1. The summed E-state index contributed by atoms with van der Waals surface area (Å²) in [6.07, 6.45) is 0.449. The molecule has 0 aliphatic carbocycles. The van der Waals surface area contributed by atoms with Crippen molar-refractivity contribution in [3.63, 3.8) is 0 Å². The highest BCUT2D eigenvalue weighted by Gasteiger charge is 2.28. The fourth-order valence-corrected chi connectivity index (χ4v) is 4.76. The van der Waals surface area contributed by atoms with Gasteiger partial charge in [0.2, 0.25) is 15.9 Å². The second kappa shape index (κ2) is 9.87. The van der Waals surface area contributed by atoms with Gasteiger partial charge >= 0.3 is 0 Å². The van der Waals surface area contributed by atoms with Gasteiger partial charge in [-0.25, -0.2) is 8.42 Å². The normalized spacial score (nSPS) is 14.8. The molecule has 156 valence electrons. The lowest BCUT2D eigenvalue weighted by atomic mass is 10.1. The lowest BCUT2D eigenvalue weighted by Crippen LogP contribution is -2.50. The van der Waals surface area contributed by atoms with Gasteiger partial charge in [-0.2, -0.15) is 4.31 Å². The Balaban J connectivity index is 1.81. The van der Waals surface area contributed by atoms with Crippen LogP contribution in [0.4, 0.5) is 0 Å². The molecule has 0 bridgehead atoms. The van der Waals surface area contributed by atoms with Gasteiger partial charge < -0.3 is 15.0 Å². The van der Waals surface area contributed by atoms with Crippen LogP contribution in [0.5, 0.6) is 5.75 Å². The molecule has 1 saturated heterocycles. The zero-order valence-electron chi connectivity index (χ0n) is 16.6. The third-order valence-electron chi connectivity index (χ3n) is 4.99. The Kier molecular flexibility index (Phi) is 7.24. The Bertz CT molecular complexity index is 913. The molecule has 0 saturated carbocycles. The molecule has 1 aliphatic heterocycles. The Morgan fingerprint density at radius 1 is 1.07 bits per heavy atom. The van der Waals surface area contributed by atoms with Crippen molar-refractivity contribution < 1.29 is 17.9 Å². The molecule has 0 unspecified atom stereocenters. The van der Waals surface area contributed by atoms with Crippen molar-refractivity contribution in [2.24, 2.45) is 0 Å². The highest BCUT2D eigenvalue weighted by atomic mass is 32.2. The van der Waals surface area contributed by atoms with Crippen LogP contribution in [0.1, 0.15) is 5.56 Å². The number of para-hydroxylation sites is 1. The molecule has 1 aliphatic rings. The SMILES string of the molecule is COc1ccccc1CCN(CC(=O)N1CCNCC1)S(=O)(=O)c1ccccc1. The molecule has 2 aromatic rings. The van der Waals surface area contributed by atoms with E-state index in [1.165, 1.54) is 4.31 Å². The topological polar surface area (TPSA) is 79.0 Å². The summed E-state index contributed by atoms with van der Waals surface area (Å²) in [5, 5.41) is 3.20. The summed E-state index contributed by atoms with van der Waals surface area (Å²) in [7, 11) is -2.21. The quantitative estimate of drug-likeness (QED) is 0.702. The van der Waals surface area contributed by atoms with Crippen LogP contribution in [0, 0.1) is 0 Å². The Hall–Kier alpha value is -2.42. The number of piperazine rings is 1. The number of nitrogens with one attached hydrogen (secondary N) is 1. The van der Waals surface area contributed by atoms with E-state index in [0.29, 0.717) is 25.3 Å². The summed E-state index contributed by atoms with van der Waals surface area (Å²) >= 11 is 0. The number of sulfonamides is 1. The van der Waals surface area contributed by atoms with Gasteiger partial charge in [-0.3, -0.25) is 4.79 Å². The van der Waals surface area contributed by atoms with Crippen LogP contribution in [0.3, 0.4) is 0 Å². The minimum Gasteiger partial charge on any atom is -0.496 e. The zero-order chi connectivity index (χ0) is 20.7. The fourth-order valence-electron chi connectivity index (χ4n) is 3.35. The molecule has 0 radical (unpaired) electrons. The molecule has 1 heterocycles. The third kappa shape index (κ3) is 5.35. The lowest BCUT2D eigenvalue weighted by molar-refractivity contribution is -0.131. The molecular formula is C21H27N3O4S. The van der Waals surface area contributed by atoms with Gasteiger partial charge in [0.25, 0.3) is 0 Å². The van der Waals surface area contributed by atoms with E-state index >= 15 is 0 Å². The number of rotatable bonds is 8. The molecule has 0 spiro atoms. The van der Waals surface area contributed by atoms with Gasteiger partial charge in [0.05, 0.1) is 18.6 Å². The molecule has 8 heteroatoms. The molecule has 29 heavy (non-hydrogen) atoms. The predicted molar refractivity (Wildman–Crippen MR) is 111 cm³/mol. The maximum absolute atomic E-state index is 13.2. The summed E-state index contributed by atoms with van der Waals surface area (Å²) in [6.45, 7) is 2.63. The molecule has 3 rings (SSSR count). The molecule has 1 amide bonds. The second-order valence-corrected chi connectivity index (χ2v) is 8.78. The van der Waals surface area contributed by atoms with Crippen LogP contribution in [-0.4, -0.2) is 69.9 Å². The van der Waals surface area contributed by atoms with E-state index in [9.17, 15) is 13.2 Å². The Labute approximate surface area is 172 Å². The lowest BCUT2D eigenvalue weighted by Gasteiger charge is -2.30. The summed E-state index contributed by atoms with van der Waals surface area (Å²) < 4.78 is 33.1. The molecule has 1 fully saturated rings. The van der Waals surface area contributed by atoms with Crippen molar-refractivity contribution in [1.82, 2.24) is 14.5 Å². The monoisotopic (exact) mass is 417 g/mol. The third-order valence-corrected chi connectivity index (χ3v) is 6.84. The van der Waals surface area contributed by atoms with Gasteiger partial charge in [0, 0.05) is 32.7 Å². The number of benzene rings is 2. The first-order valence-corrected chi connectivity index (χ1v) is 11.1. The number of ether oxygens (including phenoxy) is 1. The fraction of sp³-hybridized carbons (Fsp3) is 0.381. The maximum Gasteiger partial charge on any atom is 0.243 e. The van der Waals surface area contributed by atoms with Crippen LogP contribution in [-0.2, 0) is 21.2 Å². The zero-order valence-corrected chi connectivity index (χ0v) is 17.4. The van der Waals surface area contributed by atoms with Crippen molar-refractivity contribution in [3.05, 3.63) is 60.2 Å². The van der Waals surface area contributed by atoms with Crippen molar-refractivity contribution in [2.45, 2.75) is 11.3 Å². The largest absolute Gasteiger partial charge is 0.496 e. The van der Waals surface area contributed by atoms with Crippen LogP contribution >= 0.6 is 0 Å². The van der Waals surface area contributed by atoms with Gasteiger partial charge in [0.1, 0.15) is 5.75 Å². The standard InChI is InChI=1S/C21H27N3O4S/c1-28-20-10-6-5-7-18(20)11-14-24(17-21(25)23-15-12-22-13-16-23)29(26,27)19-8-3-2-4-9-19/h2-10,22H,11-17H2,1H3.